The molecule has 6 nitrogen and oxygen atoms in total. The summed E-state index contributed by atoms with van der Waals surface area (Å²) in [5.41, 5.74) is 5.40. The molecule has 1 aromatic heterocycles. The summed E-state index contributed by atoms with van der Waals surface area (Å²) in [5.74, 6) is 2.32. The molecule has 0 saturated heterocycles. The van der Waals surface area contributed by atoms with E-state index in [0.717, 1.165) is 6.20 Å². The van der Waals surface area contributed by atoms with Crippen LogP contribution in [0.4, 0.5) is 5.82 Å². The average Bonchev–Trinajstić information content (AvgIpc) is 2.61. The van der Waals surface area contributed by atoms with Gasteiger partial charge in [0.25, 0.3) is 0 Å². The maximum absolute atomic E-state index is 11.7. The fraction of sp³-hybridized carbons (Fsp3) is 0.375. The Kier molecular flexibility index (Phi) is 3.34. The van der Waals surface area contributed by atoms with Crippen molar-refractivity contribution in [1.29, 1.82) is 0 Å². The molecule has 0 aromatic carbocycles. The zero-order valence-corrected chi connectivity index (χ0v) is 9.00. The molecule has 0 saturated carbocycles. The van der Waals surface area contributed by atoms with Gasteiger partial charge in [-0.2, -0.15) is 9.82 Å². The first-order valence-electron chi connectivity index (χ1n) is 4.28. The lowest BCUT2D eigenvalue weighted by Crippen LogP contribution is -2.33. The highest BCUT2D eigenvalue weighted by Crippen LogP contribution is 2.14. The molecule has 0 bridgehead atoms. The lowest BCUT2D eigenvalue weighted by Gasteiger charge is -2.10. The largest absolute Gasteiger partial charge is 0.383 e. The lowest BCUT2D eigenvalue weighted by atomic mass is 10.3. The van der Waals surface area contributed by atoms with Gasteiger partial charge in [-0.1, -0.05) is 12.8 Å². The van der Waals surface area contributed by atoms with E-state index in [4.69, 9.17) is 12.2 Å². The molecule has 4 N–H and O–H groups in total. The minimum Gasteiger partial charge on any atom is -0.383 e. The molecule has 0 spiro atoms. The maximum Gasteiger partial charge on any atom is 0.246 e. The van der Waals surface area contributed by atoms with Gasteiger partial charge < -0.3 is 5.73 Å². The summed E-state index contributed by atoms with van der Waals surface area (Å²) in [6, 6.07) is -0.538. The highest BCUT2D eigenvalue weighted by atomic mass is 32.2. The second-order valence-corrected chi connectivity index (χ2v) is 4.58. The van der Waals surface area contributed by atoms with Crippen LogP contribution in [0.5, 0.6) is 0 Å². The number of aromatic nitrogens is 2. The molecule has 0 aliphatic heterocycles. The molecule has 1 rings (SSSR count). The number of nitrogens with zero attached hydrogens (tertiary/aromatic N) is 1. The Morgan fingerprint density at radius 2 is 2.47 bits per heavy atom. The third-order valence-corrected chi connectivity index (χ3v) is 3.33. The maximum atomic E-state index is 11.7. The van der Waals surface area contributed by atoms with Crippen molar-refractivity contribution < 1.29 is 8.42 Å². The van der Waals surface area contributed by atoms with Crippen LogP contribution in [0.3, 0.4) is 0 Å². The summed E-state index contributed by atoms with van der Waals surface area (Å²) in [4.78, 5) is -0.0869. The summed E-state index contributed by atoms with van der Waals surface area (Å²) in [6.07, 6.45) is 6.80. The molecule has 7 heteroatoms. The number of aromatic amines is 1. The number of rotatable bonds is 4. The normalized spacial score (nSPS) is 13.3. The highest BCUT2D eigenvalue weighted by Gasteiger charge is 2.21. The summed E-state index contributed by atoms with van der Waals surface area (Å²) in [6.45, 7) is 1.78. The van der Waals surface area contributed by atoms with E-state index in [2.05, 4.69) is 20.8 Å². The van der Waals surface area contributed by atoms with Gasteiger partial charge in [0.1, 0.15) is 10.7 Å². The van der Waals surface area contributed by atoms with Crippen LogP contribution in [0.25, 0.3) is 0 Å². The fourth-order valence-electron chi connectivity index (χ4n) is 0.985. The van der Waals surface area contributed by atoms with E-state index >= 15 is 0 Å². The number of terminal acetylenes is 1. The third kappa shape index (κ3) is 2.49. The van der Waals surface area contributed by atoms with Gasteiger partial charge in [0.15, 0.2) is 0 Å². The molecule has 1 atom stereocenters. The second kappa shape index (κ2) is 4.33. The van der Waals surface area contributed by atoms with E-state index in [1.807, 2.05) is 0 Å². The van der Waals surface area contributed by atoms with Gasteiger partial charge in [0, 0.05) is 0 Å². The van der Waals surface area contributed by atoms with Crippen molar-refractivity contribution >= 4 is 15.8 Å². The van der Waals surface area contributed by atoms with Crippen LogP contribution in [-0.2, 0) is 10.0 Å². The van der Waals surface area contributed by atoms with E-state index in [0.29, 0.717) is 6.42 Å². The number of sulfonamides is 1. The van der Waals surface area contributed by atoms with Crippen LogP contribution in [0.15, 0.2) is 11.1 Å². The summed E-state index contributed by atoms with van der Waals surface area (Å²) in [5, 5.41) is 5.87. The van der Waals surface area contributed by atoms with Crippen molar-refractivity contribution in [2.75, 3.05) is 5.73 Å². The molecule has 0 radical (unpaired) electrons. The van der Waals surface area contributed by atoms with E-state index in [1.165, 1.54) is 0 Å². The molecule has 15 heavy (non-hydrogen) atoms. The predicted octanol–water partition coefficient (Wildman–Crippen LogP) is -0.318. The molecular formula is C8H12N4O2S. The van der Waals surface area contributed by atoms with E-state index in [1.54, 1.807) is 6.92 Å². The van der Waals surface area contributed by atoms with Crippen molar-refractivity contribution in [1.82, 2.24) is 14.9 Å². The van der Waals surface area contributed by atoms with Gasteiger partial charge in [0.05, 0.1) is 12.2 Å². The van der Waals surface area contributed by atoms with Gasteiger partial charge in [-0.05, 0) is 6.42 Å². The van der Waals surface area contributed by atoms with Crippen LogP contribution in [0.1, 0.15) is 13.3 Å². The SMILES string of the molecule is C#CC(CC)NS(=O)(=O)c1cn[nH]c1N. The molecule has 1 heterocycles. The van der Waals surface area contributed by atoms with Gasteiger partial charge in [-0.25, -0.2) is 8.42 Å². The van der Waals surface area contributed by atoms with E-state index in [-0.39, 0.29) is 10.7 Å². The Hall–Kier alpha value is -1.52. The van der Waals surface area contributed by atoms with Crippen molar-refractivity contribution in [2.24, 2.45) is 0 Å². The van der Waals surface area contributed by atoms with Crippen molar-refractivity contribution in [3.63, 3.8) is 0 Å². The fourth-order valence-corrected chi connectivity index (χ4v) is 2.25. The Labute approximate surface area is 88.3 Å². The number of H-pyrrole nitrogens is 1. The van der Waals surface area contributed by atoms with Crippen LogP contribution >= 0.6 is 0 Å². The van der Waals surface area contributed by atoms with Crippen LogP contribution in [-0.4, -0.2) is 24.7 Å². The number of hydrogen-bond donors (Lipinski definition) is 3. The Morgan fingerprint density at radius 1 is 1.80 bits per heavy atom. The van der Waals surface area contributed by atoms with Crippen LogP contribution in [0, 0.1) is 12.3 Å². The highest BCUT2D eigenvalue weighted by molar-refractivity contribution is 7.89. The minimum absolute atomic E-state index is 0.00521. The summed E-state index contributed by atoms with van der Waals surface area (Å²) < 4.78 is 25.7. The second-order valence-electron chi connectivity index (χ2n) is 2.90. The molecule has 1 unspecified atom stereocenters. The molecule has 0 aliphatic carbocycles. The Bertz CT molecular complexity index is 471. The first-order chi connectivity index (χ1) is 7.01. The standard InChI is InChI=1S/C8H12N4O2S/c1-3-6(4-2)12-15(13,14)7-5-10-11-8(7)9/h1,5-6,12H,4H2,2H3,(H3,9,10,11). The van der Waals surface area contributed by atoms with Gasteiger partial charge in [-0.3, -0.25) is 5.10 Å². The number of hydrogen-bond acceptors (Lipinski definition) is 4. The predicted molar refractivity (Wildman–Crippen MR) is 56.2 cm³/mol. The van der Waals surface area contributed by atoms with Crippen molar-refractivity contribution in [3.8, 4) is 12.3 Å². The average molecular weight is 228 g/mol. The smallest absolute Gasteiger partial charge is 0.246 e. The van der Waals surface area contributed by atoms with Crippen LogP contribution < -0.4 is 10.5 Å². The number of anilines is 1. The number of nitrogens with one attached hydrogen (secondary N) is 2. The van der Waals surface area contributed by atoms with E-state index < -0.39 is 16.1 Å². The minimum atomic E-state index is -3.68. The number of nitrogen functional groups attached to an aromatic ring is 1. The lowest BCUT2D eigenvalue weighted by molar-refractivity contribution is 0.571. The molecule has 82 valence electrons. The van der Waals surface area contributed by atoms with Crippen molar-refractivity contribution in [3.05, 3.63) is 6.20 Å². The van der Waals surface area contributed by atoms with Crippen LogP contribution in [0.2, 0.25) is 0 Å². The molecule has 0 amide bonds. The Morgan fingerprint density at radius 3 is 2.87 bits per heavy atom. The summed E-state index contributed by atoms with van der Waals surface area (Å²) >= 11 is 0. The van der Waals surface area contributed by atoms with Gasteiger partial charge in [0.2, 0.25) is 10.0 Å². The quantitative estimate of drug-likeness (QED) is 0.615. The van der Waals surface area contributed by atoms with Crippen molar-refractivity contribution in [2.45, 2.75) is 24.3 Å². The molecule has 1 aromatic rings. The van der Waals surface area contributed by atoms with Gasteiger partial charge >= 0.3 is 0 Å². The first kappa shape index (κ1) is 11.6. The molecular weight excluding hydrogens is 216 g/mol. The number of nitrogens with two attached hydrogens (primary N) is 1. The first-order valence-corrected chi connectivity index (χ1v) is 5.77. The monoisotopic (exact) mass is 228 g/mol. The topological polar surface area (TPSA) is 101 Å². The zero-order chi connectivity index (χ0) is 11.5. The summed E-state index contributed by atoms with van der Waals surface area (Å²) in [7, 11) is -3.68. The molecule has 0 aliphatic rings. The zero-order valence-electron chi connectivity index (χ0n) is 8.19. The van der Waals surface area contributed by atoms with E-state index in [9.17, 15) is 8.42 Å². The third-order valence-electron chi connectivity index (χ3n) is 1.83. The molecule has 0 fully saturated rings. The Balaban J connectivity index is 2.96. The van der Waals surface area contributed by atoms with Gasteiger partial charge in [-0.15, -0.1) is 6.42 Å².